The first-order valence-electron chi connectivity index (χ1n) is 12.2. The maximum Gasteiger partial charge on any atom is 0.191 e. The van der Waals surface area contributed by atoms with Crippen molar-refractivity contribution >= 4 is 11.6 Å². The molecule has 1 aliphatic rings. The van der Waals surface area contributed by atoms with Gasteiger partial charge in [-0.05, 0) is 77.5 Å². The van der Waals surface area contributed by atoms with Crippen LogP contribution in [0.1, 0.15) is 59.4 Å². The highest BCUT2D eigenvalue weighted by Gasteiger charge is 2.18. The van der Waals surface area contributed by atoms with Crippen molar-refractivity contribution in [2.24, 2.45) is 10.9 Å². The monoisotopic (exact) mass is 431 g/mol. The second-order valence-electron chi connectivity index (χ2n) is 9.18. The first kappa shape index (κ1) is 25.5. The maximum atomic E-state index is 9.32. The van der Waals surface area contributed by atoms with E-state index in [1.54, 1.807) is 0 Å². The third-order valence-electron chi connectivity index (χ3n) is 6.15. The number of anilines is 1. The molecule has 0 aliphatic carbocycles. The smallest absolute Gasteiger partial charge is 0.191 e. The predicted molar refractivity (Wildman–Crippen MR) is 133 cm³/mol. The summed E-state index contributed by atoms with van der Waals surface area (Å²) in [7, 11) is 0. The maximum absolute atomic E-state index is 9.32. The zero-order valence-corrected chi connectivity index (χ0v) is 20.4. The number of aliphatic hydroxyl groups excluding tert-OH is 1. The molecule has 1 aromatic rings. The van der Waals surface area contributed by atoms with E-state index >= 15 is 0 Å². The fourth-order valence-electron chi connectivity index (χ4n) is 4.28. The largest absolute Gasteiger partial charge is 0.396 e. The number of piperidine rings is 1. The van der Waals surface area contributed by atoms with Crippen molar-refractivity contribution in [2.45, 2.75) is 72.5 Å². The number of nitrogens with zero attached hydrogens (tertiary/aromatic N) is 3. The third kappa shape index (κ3) is 8.69. The molecular formula is C25H45N5O. The van der Waals surface area contributed by atoms with Crippen molar-refractivity contribution in [1.29, 1.82) is 0 Å². The lowest BCUT2D eigenvalue weighted by Gasteiger charge is -2.32. The minimum Gasteiger partial charge on any atom is -0.396 e. The van der Waals surface area contributed by atoms with E-state index in [4.69, 9.17) is 4.99 Å². The molecule has 176 valence electrons. The number of aliphatic imine (C=N–C) groups is 1. The van der Waals surface area contributed by atoms with E-state index in [9.17, 15) is 5.11 Å². The van der Waals surface area contributed by atoms with E-state index in [2.05, 4.69) is 79.3 Å². The lowest BCUT2D eigenvalue weighted by Crippen LogP contribution is -2.41. The zero-order chi connectivity index (χ0) is 22.6. The highest BCUT2D eigenvalue weighted by atomic mass is 16.3. The molecule has 0 unspecified atom stereocenters. The van der Waals surface area contributed by atoms with E-state index in [-0.39, 0.29) is 0 Å². The van der Waals surface area contributed by atoms with Crippen LogP contribution in [0.4, 0.5) is 5.69 Å². The molecule has 0 atom stereocenters. The lowest BCUT2D eigenvalue weighted by atomic mass is 9.97. The molecular weight excluding hydrogens is 386 g/mol. The molecule has 0 saturated carbocycles. The van der Waals surface area contributed by atoms with E-state index in [0.717, 1.165) is 57.9 Å². The molecule has 0 spiro atoms. The molecule has 1 saturated heterocycles. The van der Waals surface area contributed by atoms with E-state index < -0.39 is 0 Å². The van der Waals surface area contributed by atoms with Crippen LogP contribution in [0.15, 0.2) is 29.3 Å². The second-order valence-corrected chi connectivity index (χ2v) is 9.18. The SMILES string of the molecule is CCNC(=NCc1ccc(N2CCC(CO)CC2)cc1)NCCCN(C(C)C)C(C)C. The average molecular weight is 432 g/mol. The van der Waals surface area contributed by atoms with Crippen LogP contribution in [0.2, 0.25) is 0 Å². The lowest BCUT2D eigenvalue weighted by molar-refractivity contribution is 0.173. The minimum absolute atomic E-state index is 0.320. The fourth-order valence-corrected chi connectivity index (χ4v) is 4.28. The fraction of sp³-hybridized carbons (Fsp3) is 0.720. The topological polar surface area (TPSA) is 63.1 Å². The summed E-state index contributed by atoms with van der Waals surface area (Å²) in [5, 5.41) is 16.2. The zero-order valence-electron chi connectivity index (χ0n) is 20.4. The van der Waals surface area contributed by atoms with Crippen molar-refractivity contribution in [3.63, 3.8) is 0 Å². The summed E-state index contributed by atoms with van der Waals surface area (Å²) in [6.07, 6.45) is 3.25. The van der Waals surface area contributed by atoms with Gasteiger partial charge in [-0.1, -0.05) is 12.1 Å². The molecule has 0 amide bonds. The normalized spacial score (nSPS) is 15.9. The van der Waals surface area contributed by atoms with E-state index in [1.807, 2.05) is 0 Å². The van der Waals surface area contributed by atoms with Crippen molar-refractivity contribution < 1.29 is 5.11 Å². The molecule has 2 rings (SSSR count). The summed E-state index contributed by atoms with van der Waals surface area (Å²) in [6, 6.07) is 9.93. The van der Waals surface area contributed by atoms with Crippen LogP contribution in [0.3, 0.4) is 0 Å². The van der Waals surface area contributed by atoms with E-state index in [1.165, 1.54) is 11.3 Å². The Balaban J connectivity index is 1.81. The first-order chi connectivity index (χ1) is 14.9. The standard InChI is InChI=1S/C25H45N5O/c1-6-26-25(27-14-7-15-30(20(2)3)21(4)5)28-18-22-8-10-24(11-9-22)29-16-12-23(19-31)13-17-29/h8-11,20-21,23,31H,6-7,12-19H2,1-5H3,(H2,26,27,28). The van der Waals surface area contributed by atoms with Gasteiger partial charge in [0.15, 0.2) is 5.96 Å². The second kappa shape index (κ2) is 13.6. The van der Waals surface area contributed by atoms with Gasteiger partial charge in [0.2, 0.25) is 0 Å². The Morgan fingerprint density at radius 1 is 1.10 bits per heavy atom. The van der Waals surface area contributed by atoms with Crippen molar-refractivity contribution in [3.05, 3.63) is 29.8 Å². The van der Waals surface area contributed by atoms with Crippen LogP contribution in [0.5, 0.6) is 0 Å². The van der Waals surface area contributed by atoms with Gasteiger partial charge in [-0.15, -0.1) is 0 Å². The molecule has 0 radical (unpaired) electrons. The number of guanidine groups is 1. The molecule has 6 heteroatoms. The summed E-state index contributed by atoms with van der Waals surface area (Å²) < 4.78 is 0. The third-order valence-corrected chi connectivity index (χ3v) is 6.15. The molecule has 1 aliphatic heterocycles. The molecule has 6 nitrogen and oxygen atoms in total. The van der Waals surface area contributed by atoms with Crippen molar-refractivity contribution in [2.75, 3.05) is 44.2 Å². The van der Waals surface area contributed by atoms with Crippen LogP contribution in [-0.2, 0) is 6.54 Å². The summed E-state index contributed by atoms with van der Waals surface area (Å²) >= 11 is 0. The molecule has 3 N–H and O–H groups in total. The average Bonchev–Trinajstić information content (AvgIpc) is 2.77. The Morgan fingerprint density at radius 3 is 2.29 bits per heavy atom. The Labute approximate surface area is 190 Å². The number of rotatable bonds is 11. The molecule has 0 bridgehead atoms. The number of aliphatic hydroxyl groups is 1. The molecule has 0 aromatic heterocycles. The van der Waals surface area contributed by atoms with Gasteiger partial charge in [-0.3, -0.25) is 4.90 Å². The van der Waals surface area contributed by atoms with Crippen LogP contribution in [-0.4, -0.2) is 67.4 Å². The van der Waals surface area contributed by atoms with Gasteiger partial charge in [-0.2, -0.15) is 0 Å². The first-order valence-corrected chi connectivity index (χ1v) is 12.2. The van der Waals surface area contributed by atoms with Crippen LogP contribution in [0.25, 0.3) is 0 Å². The quantitative estimate of drug-likeness (QED) is 0.285. The van der Waals surface area contributed by atoms with Crippen LogP contribution >= 0.6 is 0 Å². The highest BCUT2D eigenvalue weighted by molar-refractivity contribution is 5.79. The number of hydrogen-bond acceptors (Lipinski definition) is 4. The van der Waals surface area contributed by atoms with Gasteiger partial charge in [0.05, 0.1) is 6.54 Å². The van der Waals surface area contributed by atoms with Crippen LogP contribution < -0.4 is 15.5 Å². The van der Waals surface area contributed by atoms with E-state index in [0.29, 0.717) is 31.2 Å². The van der Waals surface area contributed by atoms with Crippen LogP contribution in [0, 0.1) is 5.92 Å². The van der Waals surface area contributed by atoms with Gasteiger partial charge in [-0.25, -0.2) is 4.99 Å². The Bertz CT molecular complexity index is 628. The van der Waals surface area contributed by atoms with Gasteiger partial charge in [0.1, 0.15) is 0 Å². The number of benzene rings is 1. The van der Waals surface area contributed by atoms with Gasteiger partial charge < -0.3 is 20.6 Å². The summed E-state index contributed by atoms with van der Waals surface area (Å²) in [5.74, 6) is 1.36. The summed E-state index contributed by atoms with van der Waals surface area (Å²) in [5.41, 5.74) is 2.49. The molecule has 1 aromatic carbocycles. The minimum atomic E-state index is 0.320. The van der Waals surface area contributed by atoms with Gasteiger partial charge in [0.25, 0.3) is 0 Å². The number of nitrogens with one attached hydrogen (secondary N) is 2. The van der Waals surface area contributed by atoms with Crippen molar-refractivity contribution in [3.8, 4) is 0 Å². The molecule has 31 heavy (non-hydrogen) atoms. The highest BCUT2D eigenvalue weighted by Crippen LogP contribution is 2.23. The predicted octanol–water partition coefficient (Wildman–Crippen LogP) is 3.46. The molecule has 1 fully saturated rings. The molecule has 1 heterocycles. The van der Waals surface area contributed by atoms with Gasteiger partial charge in [0, 0.05) is 57.1 Å². The Morgan fingerprint density at radius 2 is 1.74 bits per heavy atom. The Hall–Kier alpha value is -1.79. The summed E-state index contributed by atoms with van der Waals surface area (Å²) in [6.45, 7) is 17.1. The summed E-state index contributed by atoms with van der Waals surface area (Å²) in [4.78, 5) is 9.72. The van der Waals surface area contributed by atoms with Gasteiger partial charge >= 0.3 is 0 Å². The Kier molecular flexibility index (Phi) is 11.2. The number of hydrogen-bond donors (Lipinski definition) is 3. The van der Waals surface area contributed by atoms with Crippen molar-refractivity contribution in [1.82, 2.24) is 15.5 Å².